The number of benzene rings is 1. The monoisotopic (exact) mass is 261 g/mol. The molecule has 2 unspecified atom stereocenters. The van der Waals surface area contributed by atoms with Crippen molar-refractivity contribution in [1.29, 1.82) is 0 Å². The van der Waals surface area contributed by atoms with Gasteiger partial charge in [0.1, 0.15) is 0 Å². The van der Waals surface area contributed by atoms with E-state index < -0.39 is 0 Å². The van der Waals surface area contributed by atoms with Gasteiger partial charge in [-0.1, -0.05) is 30.3 Å². The molecule has 0 radical (unpaired) electrons. The van der Waals surface area contributed by atoms with Gasteiger partial charge in [0, 0.05) is 26.1 Å². The number of rotatable bonds is 2. The Bertz CT molecular complexity index is 404. The molecule has 1 aromatic carbocycles. The Morgan fingerprint density at radius 1 is 1.32 bits per heavy atom. The van der Waals surface area contributed by atoms with Gasteiger partial charge in [-0.15, -0.1) is 0 Å². The predicted octanol–water partition coefficient (Wildman–Crippen LogP) is 2.19. The summed E-state index contributed by atoms with van der Waals surface area (Å²) >= 11 is 0. The number of ether oxygens (including phenoxy) is 1. The molecule has 2 aliphatic rings. The minimum absolute atomic E-state index is 0.0926. The van der Waals surface area contributed by atoms with Gasteiger partial charge in [0.2, 0.25) is 0 Å². The number of nitrogens with zero attached hydrogens (tertiary/aromatic N) is 1. The van der Waals surface area contributed by atoms with Gasteiger partial charge in [-0.05, 0) is 31.4 Å². The van der Waals surface area contributed by atoms with E-state index in [1.165, 1.54) is 12.0 Å². The molecule has 104 valence electrons. The Hall–Kier alpha value is -0.900. The summed E-state index contributed by atoms with van der Waals surface area (Å²) in [5, 5.41) is 9.90. The Morgan fingerprint density at radius 2 is 2.16 bits per heavy atom. The quantitative estimate of drug-likeness (QED) is 0.886. The fourth-order valence-corrected chi connectivity index (χ4v) is 3.45. The Kier molecular flexibility index (Phi) is 3.87. The van der Waals surface area contributed by atoms with E-state index in [0.717, 1.165) is 38.9 Å². The molecule has 2 saturated heterocycles. The minimum Gasteiger partial charge on any atom is -0.393 e. The number of aliphatic hydroxyl groups is 1. The maximum atomic E-state index is 9.90. The minimum atomic E-state index is -0.176. The normalized spacial score (nSPS) is 32.6. The Labute approximate surface area is 115 Å². The van der Waals surface area contributed by atoms with Crippen LogP contribution in [0.5, 0.6) is 0 Å². The highest BCUT2D eigenvalue weighted by atomic mass is 16.5. The van der Waals surface area contributed by atoms with Crippen LogP contribution in [0.25, 0.3) is 0 Å². The van der Waals surface area contributed by atoms with Crippen LogP contribution >= 0.6 is 0 Å². The number of hydrogen-bond acceptors (Lipinski definition) is 3. The maximum Gasteiger partial charge on any atom is 0.0833 e. The lowest BCUT2D eigenvalue weighted by molar-refractivity contribution is -0.147. The maximum absolute atomic E-state index is 9.90. The van der Waals surface area contributed by atoms with E-state index in [9.17, 15) is 5.11 Å². The lowest BCUT2D eigenvalue weighted by atomic mass is 9.84. The third-order valence-electron chi connectivity index (χ3n) is 4.33. The molecule has 3 nitrogen and oxygen atoms in total. The highest BCUT2D eigenvalue weighted by Crippen LogP contribution is 2.34. The topological polar surface area (TPSA) is 32.7 Å². The number of likely N-dealkylation sites (tertiary alicyclic amines) is 1. The molecule has 0 amide bonds. The van der Waals surface area contributed by atoms with Crippen LogP contribution in [0.1, 0.15) is 31.2 Å². The van der Waals surface area contributed by atoms with Crippen LogP contribution in [0.2, 0.25) is 0 Å². The van der Waals surface area contributed by atoms with Gasteiger partial charge in [0.05, 0.1) is 11.7 Å². The zero-order chi connectivity index (χ0) is 13.1. The third kappa shape index (κ3) is 3.16. The summed E-state index contributed by atoms with van der Waals surface area (Å²) in [6.07, 6.45) is 3.68. The van der Waals surface area contributed by atoms with Crippen LogP contribution in [0, 0.1) is 0 Å². The first kappa shape index (κ1) is 13.1. The summed E-state index contributed by atoms with van der Waals surface area (Å²) in [6, 6.07) is 10.6. The van der Waals surface area contributed by atoms with Gasteiger partial charge in [0.25, 0.3) is 0 Å². The van der Waals surface area contributed by atoms with Crippen molar-refractivity contribution in [1.82, 2.24) is 4.90 Å². The van der Waals surface area contributed by atoms with E-state index >= 15 is 0 Å². The molecule has 0 aromatic heterocycles. The molecule has 3 rings (SSSR count). The van der Waals surface area contributed by atoms with Crippen molar-refractivity contribution in [3.05, 3.63) is 35.9 Å². The molecule has 0 aliphatic carbocycles. The van der Waals surface area contributed by atoms with Crippen molar-refractivity contribution >= 4 is 0 Å². The predicted molar refractivity (Wildman–Crippen MR) is 74.9 cm³/mol. The lowest BCUT2D eigenvalue weighted by Gasteiger charge is -2.46. The lowest BCUT2D eigenvalue weighted by Crippen LogP contribution is -2.53. The van der Waals surface area contributed by atoms with Gasteiger partial charge < -0.3 is 9.84 Å². The molecular weight excluding hydrogens is 238 g/mol. The molecule has 3 heteroatoms. The zero-order valence-electron chi connectivity index (χ0n) is 11.4. The van der Waals surface area contributed by atoms with E-state index in [4.69, 9.17) is 4.74 Å². The average molecular weight is 261 g/mol. The van der Waals surface area contributed by atoms with Crippen LogP contribution < -0.4 is 0 Å². The summed E-state index contributed by atoms with van der Waals surface area (Å²) in [5.41, 5.74) is 1.26. The molecule has 19 heavy (non-hydrogen) atoms. The first-order valence-electron chi connectivity index (χ1n) is 7.34. The van der Waals surface area contributed by atoms with Crippen LogP contribution in [-0.2, 0) is 11.3 Å². The fourth-order valence-electron chi connectivity index (χ4n) is 3.45. The summed E-state index contributed by atoms with van der Waals surface area (Å²) in [5.74, 6) is 0. The molecule has 0 bridgehead atoms. The number of aliphatic hydroxyl groups excluding tert-OH is 1. The van der Waals surface area contributed by atoms with Gasteiger partial charge in [0.15, 0.2) is 0 Å². The van der Waals surface area contributed by atoms with Crippen molar-refractivity contribution in [2.24, 2.45) is 0 Å². The first-order chi connectivity index (χ1) is 9.26. The molecule has 2 heterocycles. The van der Waals surface area contributed by atoms with E-state index in [1.54, 1.807) is 0 Å². The second-order valence-corrected chi connectivity index (χ2v) is 5.98. The van der Waals surface area contributed by atoms with Gasteiger partial charge in [-0.2, -0.15) is 0 Å². The average Bonchev–Trinajstić information content (AvgIpc) is 2.39. The van der Waals surface area contributed by atoms with E-state index in [2.05, 4.69) is 35.2 Å². The summed E-state index contributed by atoms with van der Waals surface area (Å²) in [7, 11) is 0. The largest absolute Gasteiger partial charge is 0.393 e. The van der Waals surface area contributed by atoms with Crippen molar-refractivity contribution in [2.75, 3.05) is 19.7 Å². The fraction of sp³-hybridized carbons (Fsp3) is 0.625. The van der Waals surface area contributed by atoms with E-state index in [-0.39, 0.29) is 11.7 Å². The van der Waals surface area contributed by atoms with Crippen molar-refractivity contribution in [2.45, 2.75) is 43.9 Å². The zero-order valence-corrected chi connectivity index (χ0v) is 11.4. The smallest absolute Gasteiger partial charge is 0.0833 e. The Balaban J connectivity index is 1.64. The number of piperidine rings is 1. The molecule has 1 aromatic rings. The van der Waals surface area contributed by atoms with Crippen LogP contribution in [0.4, 0.5) is 0 Å². The van der Waals surface area contributed by atoms with Crippen molar-refractivity contribution in [3.63, 3.8) is 0 Å². The number of hydrogen-bond donors (Lipinski definition) is 1. The molecule has 1 N–H and O–H groups in total. The molecule has 2 atom stereocenters. The van der Waals surface area contributed by atoms with E-state index in [0.29, 0.717) is 6.61 Å². The summed E-state index contributed by atoms with van der Waals surface area (Å²) in [4.78, 5) is 2.47. The molecule has 0 saturated carbocycles. The summed E-state index contributed by atoms with van der Waals surface area (Å²) < 4.78 is 6.04. The van der Waals surface area contributed by atoms with E-state index in [1.807, 2.05) is 0 Å². The first-order valence-corrected chi connectivity index (χ1v) is 7.34. The van der Waals surface area contributed by atoms with Crippen molar-refractivity contribution < 1.29 is 9.84 Å². The molecular formula is C16H23NO2. The van der Waals surface area contributed by atoms with Gasteiger partial charge in [-0.25, -0.2) is 0 Å². The van der Waals surface area contributed by atoms with Gasteiger partial charge >= 0.3 is 0 Å². The second kappa shape index (κ2) is 5.61. The van der Waals surface area contributed by atoms with Gasteiger partial charge in [-0.3, -0.25) is 4.90 Å². The Morgan fingerprint density at radius 3 is 2.95 bits per heavy atom. The van der Waals surface area contributed by atoms with Crippen LogP contribution in [0.15, 0.2) is 30.3 Å². The standard InChI is InChI=1S/C16H23NO2/c18-15-7-10-19-16(11-15)8-4-9-17(13-16)12-14-5-2-1-3-6-14/h1-3,5-6,15,18H,4,7-13H2. The molecule has 2 aliphatic heterocycles. The molecule has 1 spiro atoms. The highest BCUT2D eigenvalue weighted by molar-refractivity contribution is 5.14. The SMILES string of the molecule is OC1CCOC2(CCCN(Cc3ccccc3)C2)C1. The van der Waals surface area contributed by atoms with Crippen LogP contribution in [0.3, 0.4) is 0 Å². The molecule has 2 fully saturated rings. The third-order valence-corrected chi connectivity index (χ3v) is 4.33. The summed E-state index contributed by atoms with van der Waals surface area (Å²) in [6.45, 7) is 3.79. The van der Waals surface area contributed by atoms with Crippen molar-refractivity contribution in [3.8, 4) is 0 Å². The second-order valence-electron chi connectivity index (χ2n) is 5.98. The highest BCUT2D eigenvalue weighted by Gasteiger charge is 2.40. The van der Waals surface area contributed by atoms with Crippen LogP contribution in [-0.4, -0.2) is 41.4 Å².